The van der Waals surface area contributed by atoms with E-state index in [1.54, 1.807) is 0 Å². The van der Waals surface area contributed by atoms with Crippen molar-refractivity contribution in [3.8, 4) is 11.5 Å². The Bertz CT molecular complexity index is 754. The number of ether oxygens (including phenoxy) is 4. The summed E-state index contributed by atoms with van der Waals surface area (Å²) in [6.45, 7) is 3.66. The van der Waals surface area contributed by atoms with Gasteiger partial charge < -0.3 is 18.9 Å². The van der Waals surface area contributed by atoms with E-state index in [2.05, 4.69) is 6.92 Å². The number of rotatable bonds is 16. The molecule has 3 rings (SSSR count). The summed E-state index contributed by atoms with van der Waals surface area (Å²) in [5, 5.41) is 0. The molecule has 0 amide bonds. The van der Waals surface area contributed by atoms with Crippen LogP contribution in [0, 0.1) is 23.5 Å². The molecule has 0 spiro atoms. The van der Waals surface area contributed by atoms with E-state index in [0.717, 1.165) is 89.4 Å². The number of halogens is 4. The van der Waals surface area contributed by atoms with Crippen LogP contribution >= 0.6 is 0 Å². The fourth-order valence-electron chi connectivity index (χ4n) is 5.23. The molecule has 8 heteroatoms. The lowest BCUT2D eigenvalue weighted by Gasteiger charge is -2.33. The summed E-state index contributed by atoms with van der Waals surface area (Å²) in [7, 11) is 0. The molecule has 1 heterocycles. The van der Waals surface area contributed by atoms with Gasteiger partial charge in [0.2, 0.25) is 0 Å². The van der Waals surface area contributed by atoms with Crippen LogP contribution in [0.25, 0.3) is 0 Å². The third-order valence-corrected chi connectivity index (χ3v) is 7.49. The van der Waals surface area contributed by atoms with Gasteiger partial charge in [0.25, 0.3) is 0 Å². The Balaban J connectivity index is 1.35. The lowest BCUT2D eigenvalue weighted by Crippen LogP contribution is -2.37. The van der Waals surface area contributed by atoms with E-state index in [0.29, 0.717) is 31.8 Å². The minimum Gasteiger partial charge on any atom is -0.488 e. The van der Waals surface area contributed by atoms with Crippen LogP contribution in [-0.2, 0) is 9.47 Å². The van der Waals surface area contributed by atoms with Crippen molar-refractivity contribution in [3.05, 3.63) is 23.8 Å². The Hall–Kier alpha value is -1.54. The van der Waals surface area contributed by atoms with Crippen molar-refractivity contribution in [3.63, 3.8) is 0 Å². The van der Waals surface area contributed by atoms with E-state index in [-0.39, 0.29) is 12.9 Å². The van der Waals surface area contributed by atoms with Crippen LogP contribution in [0.5, 0.6) is 11.5 Å². The normalized spacial score (nSPS) is 22.7. The quantitative estimate of drug-likeness (QED) is 0.157. The van der Waals surface area contributed by atoms with Crippen LogP contribution < -0.4 is 9.47 Å². The van der Waals surface area contributed by atoms with Gasteiger partial charge in [0.05, 0.1) is 12.5 Å². The van der Waals surface area contributed by atoms with Gasteiger partial charge in [-0.2, -0.15) is 8.78 Å². The molecule has 0 bridgehead atoms. The molecule has 0 radical (unpaired) electrons. The monoisotopic (exact) mass is 532 g/mol. The van der Waals surface area contributed by atoms with Crippen molar-refractivity contribution in [1.29, 1.82) is 0 Å². The summed E-state index contributed by atoms with van der Waals surface area (Å²) >= 11 is 0. The smallest absolute Gasteiger partial charge is 0.400 e. The molecule has 37 heavy (non-hydrogen) atoms. The highest BCUT2D eigenvalue weighted by Gasteiger charge is 2.44. The zero-order valence-electron chi connectivity index (χ0n) is 22.3. The van der Waals surface area contributed by atoms with Gasteiger partial charge in [-0.3, -0.25) is 0 Å². The van der Waals surface area contributed by atoms with Gasteiger partial charge in [0, 0.05) is 25.3 Å². The van der Waals surface area contributed by atoms with E-state index in [9.17, 15) is 17.6 Å². The molecule has 0 aromatic heterocycles. The molecule has 1 aliphatic heterocycles. The fourth-order valence-corrected chi connectivity index (χ4v) is 5.23. The zero-order chi connectivity index (χ0) is 26.5. The maximum absolute atomic E-state index is 14.8. The highest BCUT2D eigenvalue weighted by molar-refractivity contribution is 5.35. The molecule has 1 aromatic carbocycles. The predicted molar refractivity (Wildman–Crippen MR) is 135 cm³/mol. The molecular formula is C29H44F4O4. The van der Waals surface area contributed by atoms with Crippen molar-refractivity contribution in [2.24, 2.45) is 11.8 Å². The third kappa shape index (κ3) is 10.3. The highest BCUT2D eigenvalue weighted by Crippen LogP contribution is 2.42. The molecule has 1 saturated carbocycles. The Morgan fingerprint density at radius 3 is 2.22 bits per heavy atom. The third-order valence-electron chi connectivity index (χ3n) is 7.49. The van der Waals surface area contributed by atoms with Crippen molar-refractivity contribution in [2.45, 2.75) is 116 Å². The first kappa shape index (κ1) is 30.0. The minimum absolute atomic E-state index is 0.0923. The Morgan fingerprint density at radius 1 is 0.865 bits per heavy atom. The van der Waals surface area contributed by atoms with Crippen molar-refractivity contribution in [1.82, 2.24) is 0 Å². The highest BCUT2D eigenvalue weighted by atomic mass is 19.3. The van der Waals surface area contributed by atoms with Gasteiger partial charge in [0.1, 0.15) is 5.75 Å². The number of hydrogen-bond acceptors (Lipinski definition) is 4. The average Bonchev–Trinajstić information content (AvgIpc) is 2.88. The largest absolute Gasteiger partial charge is 0.488 e. The summed E-state index contributed by atoms with van der Waals surface area (Å²) in [5.41, 5.74) is 0. The van der Waals surface area contributed by atoms with Gasteiger partial charge in [-0.1, -0.05) is 39.0 Å². The first-order valence-corrected chi connectivity index (χ1v) is 14.3. The topological polar surface area (TPSA) is 36.9 Å². The number of alkyl halides is 2. The predicted octanol–water partition coefficient (Wildman–Crippen LogP) is 8.81. The molecule has 1 aromatic rings. The standard InChI is InChI=1S/C29H44F4O4/c1-2-3-6-11-22-13-15-23(16-14-22)29(32,33)37-24-20-25(30)28(26(31)21-24)36-19-9-5-4-8-17-34-27-12-7-10-18-35-27/h20-23,27H,2-19H2,1H3. The SMILES string of the molecule is CCCCCC1CCC(C(F)(F)Oc2cc(F)c(OCCCCCCOC3CCCCO3)c(F)c2)CC1. The van der Waals surface area contributed by atoms with E-state index >= 15 is 0 Å². The summed E-state index contributed by atoms with van der Waals surface area (Å²) < 4.78 is 79.7. The number of unbranched alkanes of at least 4 members (excludes halogenated alkanes) is 5. The van der Waals surface area contributed by atoms with Crippen molar-refractivity contribution < 1.29 is 36.5 Å². The first-order valence-electron chi connectivity index (χ1n) is 14.3. The summed E-state index contributed by atoms with van der Waals surface area (Å²) in [6.07, 6.45) is 9.55. The first-order chi connectivity index (χ1) is 17.9. The van der Waals surface area contributed by atoms with Crippen LogP contribution in [0.3, 0.4) is 0 Å². The van der Waals surface area contributed by atoms with Gasteiger partial charge in [0.15, 0.2) is 23.7 Å². The van der Waals surface area contributed by atoms with Crippen LogP contribution in [-0.4, -0.2) is 32.2 Å². The maximum atomic E-state index is 14.8. The van der Waals surface area contributed by atoms with Crippen molar-refractivity contribution >= 4 is 0 Å². The van der Waals surface area contributed by atoms with Crippen molar-refractivity contribution in [2.75, 3.05) is 19.8 Å². The fraction of sp³-hybridized carbons (Fsp3) is 0.793. The maximum Gasteiger partial charge on any atom is 0.400 e. The van der Waals surface area contributed by atoms with Gasteiger partial charge >= 0.3 is 6.11 Å². The lowest BCUT2D eigenvalue weighted by atomic mass is 9.79. The molecule has 1 unspecified atom stereocenters. The average molecular weight is 533 g/mol. The Labute approximate surface area is 219 Å². The number of hydrogen-bond donors (Lipinski definition) is 0. The zero-order valence-corrected chi connectivity index (χ0v) is 22.3. The molecule has 2 aliphatic rings. The van der Waals surface area contributed by atoms with E-state index in [1.807, 2.05) is 0 Å². The summed E-state index contributed by atoms with van der Waals surface area (Å²) in [5.74, 6) is -3.61. The van der Waals surface area contributed by atoms with Crippen LogP contribution in [0.15, 0.2) is 12.1 Å². The minimum atomic E-state index is -3.47. The van der Waals surface area contributed by atoms with Gasteiger partial charge in [-0.15, -0.1) is 0 Å². The molecule has 4 nitrogen and oxygen atoms in total. The summed E-state index contributed by atoms with van der Waals surface area (Å²) in [6, 6.07) is 1.57. The summed E-state index contributed by atoms with van der Waals surface area (Å²) in [4.78, 5) is 0. The Morgan fingerprint density at radius 2 is 1.57 bits per heavy atom. The molecular weight excluding hydrogens is 488 g/mol. The second-order valence-corrected chi connectivity index (χ2v) is 10.5. The van der Waals surface area contributed by atoms with E-state index in [4.69, 9.17) is 18.9 Å². The van der Waals surface area contributed by atoms with Crippen LogP contribution in [0.4, 0.5) is 17.6 Å². The van der Waals surface area contributed by atoms with Crippen LogP contribution in [0.2, 0.25) is 0 Å². The van der Waals surface area contributed by atoms with E-state index < -0.39 is 35.2 Å². The second kappa shape index (κ2) is 15.8. The lowest BCUT2D eigenvalue weighted by molar-refractivity contribution is -0.223. The molecule has 0 N–H and O–H groups in total. The number of benzene rings is 1. The molecule has 1 aliphatic carbocycles. The molecule has 212 valence electrons. The van der Waals surface area contributed by atoms with Gasteiger partial charge in [-0.05, 0) is 70.1 Å². The molecule has 1 atom stereocenters. The van der Waals surface area contributed by atoms with Gasteiger partial charge in [-0.25, -0.2) is 8.78 Å². The van der Waals surface area contributed by atoms with Crippen LogP contribution in [0.1, 0.15) is 103 Å². The molecule has 2 fully saturated rings. The van der Waals surface area contributed by atoms with E-state index in [1.165, 1.54) is 6.42 Å². The molecule has 1 saturated heterocycles. The Kier molecular flexibility index (Phi) is 12.8. The second-order valence-electron chi connectivity index (χ2n) is 10.5.